The van der Waals surface area contributed by atoms with E-state index in [-0.39, 0.29) is 6.10 Å². The molecule has 0 saturated heterocycles. The molecule has 196 valence electrons. The topological polar surface area (TPSA) is 18.5 Å². The zero-order valence-corrected chi connectivity index (χ0v) is 24.0. The zero-order valence-electron chi connectivity index (χ0n) is 23.0. The molecule has 0 radical (unpaired) electrons. The van der Waals surface area contributed by atoms with Crippen LogP contribution >= 0.6 is 0 Å². The first kappa shape index (κ1) is 29.8. The highest BCUT2D eigenvalue weighted by Gasteiger charge is 2.44. The van der Waals surface area contributed by atoms with Gasteiger partial charge in [0.05, 0.1) is 0 Å². The van der Waals surface area contributed by atoms with E-state index in [1.807, 2.05) is 0 Å². The molecule has 0 amide bonds. The molecule has 3 heteroatoms. The van der Waals surface area contributed by atoms with Crippen LogP contribution < -0.4 is 10.4 Å². The molecule has 0 saturated carbocycles. The minimum atomic E-state index is -2.78. The quantitative estimate of drug-likeness (QED) is 0.127. The number of benzene rings is 2. The first-order valence-electron chi connectivity index (χ1n) is 14.7. The first-order valence-corrected chi connectivity index (χ1v) is 16.5. The zero-order chi connectivity index (χ0) is 25.0. The summed E-state index contributed by atoms with van der Waals surface area (Å²) < 4.78 is 14.0. The van der Waals surface area contributed by atoms with Gasteiger partial charge in [0.2, 0.25) is 0 Å². The lowest BCUT2D eigenvalue weighted by atomic mass is 10.1. The van der Waals surface area contributed by atoms with Crippen molar-refractivity contribution in [2.45, 2.75) is 123 Å². The fourth-order valence-corrected chi connectivity index (χ4v) is 8.35. The Bertz CT molecular complexity index is 688. The molecule has 0 spiro atoms. The fraction of sp³-hybridized carbons (Fsp3) is 0.625. The average molecular weight is 497 g/mol. The Morgan fingerprint density at radius 1 is 0.543 bits per heavy atom. The molecule has 2 rings (SSSR count). The van der Waals surface area contributed by atoms with Gasteiger partial charge in [-0.05, 0) is 29.6 Å². The third kappa shape index (κ3) is 11.0. The van der Waals surface area contributed by atoms with Gasteiger partial charge in [-0.1, -0.05) is 158 Å². The average Bonchev–Trinajstić information content (AvgIpc) is 2.90. The molecule has 2 aromatic carbocycles. The SMILES string of the molecule is CCCCCCCCCCCCCO[Si](OC(CCC)CCC)(c1ccccc1)c1ccccc1. The maximum atomic E-state index is 7.11. The molecular formula is C32H52O2Si. The molecule has 35 heavy (non-hydrogen) atoms. The molecule has 0 N–H and O–H groups in total. The summed E-state index contributed by atoms with van der Waals surface area (Å²) in [4.78, 5) is 0. The van der Waals surface area contributed by atoms with Gasteiger partial charge in [0.1, 0.15) is 0 Å². The summed E-state index contributed by atoms with van der Waals surface area (Å²) in [6, 6.07) is 21.6. The van der Waals surface area contributed by atoms with Crippen molar-refractivity contribution < 1.29 is 8.85 Å². The van der Waals surface area contributed by atoms with Crippen molar-refractivity contribution >= 4 is 18.9 Å². The molecule has 2 nitrogen and oxygen atoms in total. The molecule has 0 aliphatic heterocycles. The van der Waals surface area contributed by atoms with Gasteiger partial charge in [0, 0.05) is 12.7 Å². The number of hydrogen-bond acceptors (Lipinski definition) is 2. The summed E-state index contributed by atoms with van der Waals surface area (Å²) in [5.41, 5.74) is 0. The van der Waals surface area contributed by atoms with Gasteiger partial charge >= 0.3 is 8.56 Å². The number of rotatable bonds is 21. The monoisotopic (exact) mass is 496 g/mol. The normalized spacial score (nSPS) is 11.9. The van der Waals surface area contributed by atoms with Gasteiger partial charge in [-0.3, -0.25) is 0 Å². The van der Waals surface area contributed by atoms with Crippen LogP contribution in [0.1, 0.15) is 117 Å². The lowest BCUT2D eigenvalue weighted by Gasteiger charge is -2.35. The van der Waals surface area contributed by atoms with E-state index in [2.05, 4.69) is 81.4 Å². The Balaban J connectivity index is 1.98. The molecule has 0 heterocycles. The van der Waals surface area contributed by atoms with Crippen LogP contribution in [-0.4, -0.2) is 21.3 Å². The van der Waals surface area contributed by atoms with Crippen molar-refractivity contribution in [2.24, 2.45) is 0 Å². The van der Waals surface area contributed by atoms with Crippen LogP contribution in [0.3, 0.4) is 0 Å². The third-order valence-corrected chi connectivity index (χ3v) is 10.4. The maximum absolute atomic E-state index is 7.11. The first-order chi connectivity index (χ1) is 17.3. The second kappa shape index (κ2) is 18.8. The van der Waals surface area contributed by atoms with Crippen molar-refractivity contribution in [1.82, 2.24) is 0 Å². The molecule has 0 aliphatic carbocycles. The maximum Gasteiger partial charge on any atom is 0.407 e. The summed E-state index contributed by atoms with van der Waals surface area (Å²) >= 11 is 0. The second-order valence-corrected chi connectivity index (χ2v) is 13.0. The van der Waals surface area contributed by atoms with Gasteiger partial charge in [-0.2, -0.15) is 0 Å². The Hall–Kier alpha value is -1.42. The standard InChI is InChI=1S/C32H52O2Si/c1-4-7-8-9-10-11-12-13-14-15-22-29-33-35(31-25-18-16-19-26-31,32-27-20-17-21-28-32)34-30(23-5-2)24-6-3/h16-21,25-28,30H,4-15,22-24,29H2,1-3H3. The minimum absolute atomic E-state index is 0.245. The molecule has 0 bridgehead atoms. The van der Waals surface area contributed by atoms with Gasteiger partial charge < -0.3 is 8.85 Å². The smallest absolute Gasteiger partial charge is 0.388 e. The Morgan fingerprint density at radius 3 is 1.40 bits per heavy atom. The second-order valence-electron chi connectivity index (χ2n) is 10.0. The van der Waals surface area contributed by atoms with Crippen LogP contribution in [0.25, 0.3) is 0 Å². The third-order valence-electron chi connectivity index (χ3n) is 6.91. The van der Waals surface area contributed by atoms with Crippen molar-refractivity contribution in [3.05, 3.63) is 60.7 Å². The summed E-state index contributed by atoms with van der Waals surface area (Å²) in [7, 11) is -2.78. The lowest BCUT2D eigenvalue weighted by molar-refractivity contribution is 0.115. The highest BCUT2D eigenvalue weighted by atomic mass is 28.4. The Labute approximate surface area is 218 Å². The van der Waals surface area contributed by atoms with E-state index in [1.54, 1.807) is 0 Å². The van der Waals surface area contributed by atoms with E-state index in [0.717, 1.165) is 38.7 Å². The van der Waals surface area contributed by atoms with Crippen molar-refractivity contribution in [3.63, 3.8) is 0 Å². The van der Waals surface area contributed by atoms with Crippen LogP contribution in [0.5, 0.6) is 0 Å². The van der Waals surface area contributed by atoms with E-state index in [9.17, 15) is 0 Å². The number of unbranched alkanes of at least 4 members (excludes halogenated alkanes) is 10. The van der Waals surface area contributed by atoms with E-state index >= 15 is 0 Å². The van der Waals surface area contributed by atoms with Gasteiger partial charge in [-0.15, -0.1) is 0 Å². The molecule has 0 fully saturated rings. The molecule has 0 unspecified atom stereocenters. The molecule has 2 aromatic rings. The highest BCUT2D eigenvalue weighted by molar-refractivity contribution is 6.92. The lowest BCUT2D eigenvalue weighted by Crippen LogP contribution is -2.64. The van der Waals surface area contributed by atoms with Crippen LogP contribution in [0.15, 0.2) is 60.7 Å². The predicted octanol–water partition coefficient (Wildman–Crippen LogP) is 8.56. The fourth-order valence-electron chi connectivity index (χ4n) is 4.94. The van der Waals surface area contributed by atoms with Crippen LogP contribution in [0.2, 0.25) is 0 Å². The Morgan fingerprint density at radius 2 is 0.971 bits per heavy atom. The van der Waals surface area contributed by atoms with E-state index in [0.29, 0.717) is 0 Å². The molecule has 0 atom stereocenters. The van der Waals surface area contributed by atoms with Crippen molar-refractivity contribution in [1.29, 1.82) is 0 Å². The highest BCUT2D eigenvalue weighted by Crippen LogP contribution is 2.20. The number of hydrogen-bond donors (Lipinski definition) is 0. The van der Waals surface area contributed by atoms with E-state index in [1.165, 1.54) is 74.6 Å². The van der Waals surface area contributed by atoms with Crippen LogP contribution in [0.4, 0.5) is 0 Å². The van der Waals surface area contributed by atoms with Gasteiger partial charge in [-0.25, -0.2) is 0 Å². The summed E-state index contributed by atoms with van der Waals surface area (Å²) in [5, 5.41) is 2.46. The largest absolute Gasteiger partial charge is 0.407 e. The van der Waals surface area contributed by atoms with Gasteiger partial charge in [0.15, 0.2) is 0 Å². The minimum Gasteiger partial charge on any atom is -0.388 e. The Kier molecular flexibility index (Phi) is 16.0. The van der Waals surface area contributed by atoms with Crippen LogP contribution in [-0.2, 0) is 8.85 Å². The van der Waals surface area contributed by atoms with Gasteiger partial charge in [0.25, 0.3) is 0 Å². The van der Waals surface area contributed by atoms with E-state index < -0.39 is 8.56 Å². The molecular weight excluding hydrogens is 444 g/mol. The van der Waals surface area contributed by atoms with E-state index in [4.69, 9.17) is 8.85 Å². The molecule has 0 aliphatic rings. The van der Waals surface area contributed by atoms with Crippen LogP contribution in [0, 0.1) is 0 Å². The molecule has 0 aromatic heterocycles. The van der Waals surface area contributed by atoms with Crippen molar-refractivity contribution in [2.75, 3.05) is 6.61 Å². The summed E-state index contributed by atoms with van der Waals surface area (Å²) in [5.74, 6) is 0. The summed E-state index contributed by atoms with van der Waals surface area (Å²) in [6.45, 7) is 7.58. The predicted molar refractivity (Wildman–Crippen MR) is 155 cm³/mol. The summed E-state index contributed by atoms with van der Waals surface area (Å²) in [6.07, 6.45) is 19.5. The van der Waals surface area contributed by atoms with Crippen molar-refractivity contribution in [3.8, 4) is 0 Å².